The zero-order valence-electron chi connectivity index (χ0n) is 6.97. The molecule has 0 atom stereocenters. The fraction of sp³-hybridized carbons (Fsp3) is 0.250. The number of rotatable bonds is 2. The van der Waals surface area contributed by atoms with Crippen LogP contribution in [0.25, 0.3) is 0 Å². The lowest BCUT2D eigenvalue weighted by Gasteiger charge is -2.06. The van der Waals surface area contributed by atoms with Crippen LogP contribution in [0.1, 0.15) is 23.2 Å². The lowest BCUT2D eigenvalue weighted by Crippen LogP contribution is -2.06. The fourth-order valence-corrected chi connectivity index (χ4v) is 1.17. The number of halogens is 3. The molecule has 0 aliphatic carbocycles. The molecule has 0 aromatic carbocycles. The van der Waals surface area contributed by atoms with E-state index in [1.807, 2.05) is 0 Å². The molecule has 0 aliphatic heterocycles. The van der Waals surface area contributed by atoms with Gasteiger partial charge in [-0.2, -0.15) is 5.26 Å². The highest BCUT2D eigenvalue weighted by Crippen LogP contribution is 2.25. The maximum atomic E-state index is 12.4. The first-order valence-electron chi connectivity index (χ1n) is 3.67. The summed E-state index contributed by atoms with van der Waals surface area (Å²) in [5, 5.41) is 8.44. The van der Waals surface area contributed by atoms with E-state index in [1.54, 1.807) is 6.07 Å². The van der Waals surface area contributed by atoms with Crippen molar-refractivity contribution in [1.29, 1.82) is 5.26 Å². The van der Waals surface area contributed by atoms with E-state index in [-0.39, 0.29) is 28.5 Å². The van der Waals surface area contributed by atoms with Gasteiger partial charge in [0.05, 0.1) is 11.3 Å². The molecule has 74 valence electrons. The molecule has 1 rings (SSSR count). The summed E-state index contributed by atoms with van der Waals surface area (Å²) in [4.78, 5) is 3.62. The van der Waals surface area contributed by atoms with E-state index in [4.69, 9.17) is 22.6 Å². The van der Waals surface area contributed by atoms with Crippen molar-refractivity contribution in [3.8, 4) is 6.07 Å². The predicted octanol–water partition coefficient (Wildman–Crippen LogP) is 2.00. The third kappa shape index (κ3) is 1.97. The summed E-state index contributed by atoms with van der Waals surface area (Å²) in [6.45, 7) is -0.134. The van der Waals surface area contributed by atoms with Crippen molar-refractivity contribution in [1.82, 2.24) is 4.98 Å². The van der Waals surface area contributed by atoms with Crippen LogP contribution in [0, 0.1) is 11.3 Å². The van der Waals surface area contributed by atoms with Gasteiger partial charge in [-0.15, -0.1) is 0 Å². The molecule has 0 unspecified atom stereocenters. The number of nitriles is 1. The first-order chi connectivity index (χ1) is 6.60. The Morgan fingerprint density at radius 2 is 2.29 bits per heavy atom. The average molecular weight is 218 g/mol. The highest BCUT2D eigenvalue weighted by Gasteiger charge is 2.16. The van der Waals surface area contributed by atoms with Gasteiger partial charge in [0.15, 0.2) is 0 Å². The molecule has 0 bridgehead atoms. The lowest BCUT2D eigenvalue weighted by molar-refractivity contribution is 0.149. The smallest absolute Gasteiger partial charge is 0.265 e. The third-order valence-corrected chi connectivity index (χ3v) is 1.93. The van der Waals surface area contributed by atoms with Gasteiger partial charge in [-0.3, -0.25) is 0 Å². The standard InChI is InChI=1S/C8H6ClF2N3/c9-7-4(2-12)1-5(8(10)11)6(3-13)14-7/h1,8H,3,13H2. The Hall–Kier alpha value is -1.25. The minimum atomic E-state index is -2.70. The van der Waals surface area contributed by atoms with Crippen LogP contribution in [0.5, 0.6) is 0 Å². The highest BCUT2D eigenvalue weighted by molar-refractivity contribution is 6.30. The summed E-state index contributed by atoms with van der Waals surface area (Å²) in [6, 6.07) is 2.69. The van der Waals surface area contributed by atoms with E-state index < -0.39 is 6.43 Å². The van der Waals surface area contributed by atoms with E-state index in [0.29, 0.717) is 0 Å². The Bertz CT molecular complexity index is 387. The van der Waals surface area contributed by atoms with Gasteiger partial charge in [-0.25, -0.2) is 13.8 Å². The topological polar surface area (TPSA) is 62.7 Å². The predicted molar refractivity (Wildman–Crippen MR) is 46.8 cm³/mol. The second-order valence-electron chi connectivity index (χ2n) is 2.48. The average Bonchev–Trinajstić information content (AvgIpc) is 2.16. The van der Waals surface area contributed by atoms with Crippen molar-refractivity contribution in [3.63, 3.8) is 0 Å². The van der Waals surface area contributed by atoms with Gasteiger partial charge in [0, 0.05) is 12.1 Å². The normalized spacial score (nSPS) is 10.3. The van der Waals surface area contributed by atoms with Crippen LogP contribution < -0.4 is 5.73 Å². The first kappa shape index (κ1) is 10.8. The molecular formula is C8H6ClF2N3. The van der Waals surface area contributed by atoms with Crippen LogP contribution in [0.2, 0.25) is 5.15 Å². The number of pyridine rings is 1. The molecule has 0 fully saturated rings. The van der Waals surface area contributed by atoms with Crippen LogP contribution in [0.3, 0.4) is 0 Å². The number of nitrogens with two attached hydrogens (primary N) is 1. The maximum Gasteiger partial charge on any atom is 0.265 e. The van der Waals surface area contributed by atoms with Crippen LogP contribution >= 0.6 is 11.6 Å². The molecule has 1 heterocycles. The molecule has 0 aliphatic rings. The van der Waals surface area contributed by atoms with Crippen molar-refractivity contribution in [2.75, 3.05) is 0 Å². The number of hydrogen-bond acceptors (Lipinski definition) is 3. The van der Waals surface area contributed by atoms with Crippen molar-refractivity contribution < 1.29 is 8.78 Å². The molecule has 0 radical (unpaired) electrons. The molecular weight excluding hydrogens is 212 g/mol. The largest absolute Gasteiger partial charge is 0.325 e. The number of nitrogens with zero attached hydrogens (tertiary/aromatic N) is 2. The zero-order valence-corrected chi connectivity index (χ0v) is 7.72. The quantitative estimate of drug-likeness (QED) is 0.771. The Labute approximate surface area is 84.1 Å². The van der Waals surface area contributed by atoms with E-state index in [9.17, 15) is 8.78 Å². The molecule has 6 heteroatoms. The van der Waals surface area contributed by atoms with Crippen LogP contribution in [0.4, 0.5) is 8.78 Å². The van der Waals surface area contributed by atoms with Crippen molar-refractivity contribution in [2.24, 2.45) is 5.73 Å². The van der Waals surface area contributed by atoms with Crippen LogP contribution in [-0.4, -0.2) is 4.98 Å². The summed E-state index contributed by atoms with van der Waals surface area (Å²) < 4.78 is 24.8. The fourth-order valence-electron chi connectivity index (χ4n) is 0.972. The molecule has 0 saturated carbocycles. The third-order valence-electron chi connectivity index (χ3n) is 1.64. The minimum Gasteiger partial charge on any atom is -0.325 e. The second kappa shape index (κ2) is 4.31. The molecule has 3 nitrogen and oxygen atoms in total. The van der Waals surface area contributed by atoms with Gasteiger partial charge < -0.3 is 5.73 Å². The van der Waals surface area contributed by atoms with E-state index in [0.717, 1.165) is 6.07 Å². The number of alkyl halides is 2. The Morgan fingerprint density at radius 3 is 2.71 bits per heavy atom. The molecule has 0 amide bonds. The van der Waals surface area contributed by atoms with E-state index in [1.165, 1.54) is 0 Å². The summed E-state index contributed by atoms with van der Waals surface area (Å²) in [6.07, 6.45) is -2.70. The molecule has 1 aromatic heterocycles. The van der Waals surface area contributed by atoms with Crippen LogP contribution in [0.15, 0.2) is 6.07 Å². The van der Waals surface area contributed by atoms with Crippen molar-refractivity contribution in [3.05, 3.63) is 28.0 Å². The maximum absolute atomic E-state index is 12.4. The molecule has 0 spiro atoms. The molecule has 2 N–H and O–H groups in total. The second-order valence-corrected chi connectivity index (χ2v) is 2.84. The molecule has 14 heavy (non-hydrogen) atoms. The van der Waals surface area contributed by atoms with E-state index in [2.05, 4.69) is 4.98 Å². The summed E-state index contributed by atoms with van der Waals surface area (Å²) in [5.41, 5.74) is 4.82. The first-order valence-corrected chi connectivity index (χ1v) is 4.05. The Kier molecular flexibility index (Phi) is 3.33. The number of aromatic nitrogens is 1. The minimum absolute atomic E-state index is 0.0176. The van der Waals surface area contributed by atoms with Crippen LogP contribution in [-0.2, 0) is 6.54 Å². The lowest BCUT2D eigenvalue weighted by atomic mass is 10.1. The van der Waals surface area contributed by atoms with Crippen molar-refractivity contribution in [2.45, 2.75) is 13.0 Å². The van der Waals surface area contributed by atoms with Gasteiger partial charge in [-0.05, 0) is 6.07 Å². The van der Waals surface area contributed by atoms with Gasteiger partial charge in [0.2, 0.25) is 0 Å². The van der Waals surface area contributed by atoms with E-state index >= 15 is 0 Å². The summed E-state index contributed by atoms with van der Waals surface area (Å²) in [7, 11) is 0. The monoisotopic (exact) mass is 217 g/mol. The van der Waals surface area contributed by atoms with Gasteiger partial charge in [-0.1, -0.05) is 11.6 Å². The molecule has 0 saturated heterocycles. The zero-order chi connectivity index (χ0) is 10.7. The Balaban J connectivity index is 3.34. The molecule has 1 aromatic rings. The highest BCUT2D eigenvalue weighted by atomic mass is 35.5. The SMILES string of the molecule is N#Cc1cc(C(F)F)c(CN)nc1Cl. The Morgan fingerprint density at radius 1 is 1.64 bits per heavy atom. The van der Waals surface area contributed by atoms with Gasteiger partial charge in [0.25, 0.3) is 6.43 Å². The van der Waals surface area contributed by atoms with Gasteiger partial charge in [0.1, 0.15) is 11.2 Å². The summed E-state index contributed by atoms with van der Waals surface area (Å²) >= 11 is 5.55. The number of hydrogen-bond donors (Lipinski definition) is 1. The summed E-state index contributed by atoms with van der Waals surface area (Å²) in [5.74, 6) is 0. The van der Waals surface area contributed by atoms with Gasteiger partial charge >= 0.3 is 0 Å². The van der Waals surface area contributed by atoms with Crippen molar-refractivity contribution >= 4 is 11.6 Å².